The monoisotopic (exact) mass is 382 g/mol. The van der Waals surface area contributed by atoms with Gasteiger partial charge in [-0.05, 0) is 57.3 Å². The van der Waals surface area contributed by atoms with Crippen LogP contribution in [-0.4, -0.2) is 22.8 Å². The van der Waals surface area contributed by atoms with Crippen LogP contribution in [0.5, 0.6) is 0 Å². The third-order valence-corrected chi connectivity index (χ3v) is 4.94. The van der Waals surface area contributed by atoms with Gasteiger partial charge in [-0.15, -0.1) is 0 Å². The second-order valence-electron chi connectivity index (χ2n) is 9.40. The Morgan fingerprint density at radius 2 is 0.964 bits per heavy atom. The number of aliphatic hydroxyl groups is 2. The van der Waals surface area contributed by atoms with Crippen molar-refractivity contribution in [1.29, 1.82) is 0 Å². The first-order valence-corrected chi connectivity index (χ1v) is 9.44. The molecule has 0 spiro atoms. The van der Waals surface area contributed by atoms with Crippen LogP contribution in [0.1, 0.15) is 96.7 Å². The summed E-state index contributed by atoms with van der Waals surface area (Å²) in [7, 11) is 0. The molecule has 4 nitrogen and oxygen atoms in total. The van der Waals surface area contributed by atoms with E-state index in [1.54, 1.807) is 24.3 Å². The molecule has 0 fully saturated rings. The molecule has 28 heavy (non-hydrogen) atoms. The average molecular weight is 383 g/mol. The summed E-state index contributed by atoms with van der Waals surface area (Å²) >= 11 is 0. The zero-order valence-electron chi connectivity index (χ0n) is 17.5. The SMILES string of the molecule is CC(C)(C)c1cc(C=O)cc(C(O)C(O)c2cc(C=O)cc(C(C)(C)C)c2)c1. The van der Waals surface area contributed by atoms with Crippen LogP contribution < -0.4 is 0 Å². The lowest BCUT2D eigenvalue weighted by Crippen LogP contribution is -2.17. The molecule has 0 aliphatic carbocycles. The highest BCUT2D eigenvalue weighted by atomic mass is 16.3. The molecule has 2 unspecified atom stereocenters. The van der Waals surface area contributed by atoms with Gasteiger partial charge >= 0.3 is 0 Å². The van der Waals surface area contributed by atoms with E-state index in [0.29, 0.717) is 22.3 Å². The number of hydrogen-bond acceptors (Lipinski definition) is 4. The lowest BCUT2D eigenvalue weighted by atomic mass is 9.82. The fraction of sp³-hybridized carbons (Fsp3) is 0.417. The first kappa shape index (κ1) is 22.0. The van der Waals surface area contributed by atoms with Crippen LogP contribution in [0.25, 0.3) is 0 Å². The molecule has 2 aromatic carbocycles. The fourth-order valence-corrected chi connectivity index (χ4v) is 3.06. The van der Waals surface area contributed by atoms with Gasteiger partial charge in [0.1, 0.15) is 24.8 Å². The second-order valence-corrected chi connectivity index (χ2v) is 9.40. The number of benzene rings is 2. The van der Waals surface area contributed by atoms with Gasteiger partial charge in [-0.3, -0.25) is 9.59 Å². The summed E-state index contributed by atoms with van der Waals surface area (Å²) in [6.45, 7) is 12.1. The van der Waals surface area contributed by atoms with Crippen LogP contribution in [0.2, 0.25) is 0 Å². The third-order valence-electron chi connectivity index (χ3n) is 4.94. The minimum absolute atomic E-state index is 0.213. The van der Waals surface area contributed by atoms with Crippen LogP contribution in [0.4, 0.5) is 0 Å². The van der Waals surface area contributed by atoms with Crippen molar-refractivity contribution >= 4 is 12.6 Å². The first-order valence-electron chi connectivity index (χ1n) is 9.44. The Balaban J connectivity index is 2.51. The summed E-state index contributed by atoms with van der Waals surface area (Å²) in [5, 5.41) is 21.7. The maximum Gasteiger partial charge on any atom is 0.150 e. The second kappa shape index (κ2) is 7.98. The van der Waals surface area contributed by atoms with Crippen LogP contribution in [-0.2, 0) is 10.8 Å². The number of aldehydes is 2. The van der Waals surface area contributed by atoms with E-state index in [1.165, 1.54) is 0 Å². The molecule has 2 N–H and O–H groups in total. The van der Waals surface area contributed by atoms with Crippen molar-refractivity contribution in [2.75, 3.05) is 0 Å². The van der Waals surface area contributed by atoms with Gasteiger partial charge in [0.15, 0.2) is 0 Å². The van der Waals surface area contributed by atoms with Crippen LogP contribution in [0, 0.1) is 0 Å². The zero-order chi connectivity index (χ0) is 21.3. The molecule has 0 aliphatic heterocycles. The molecule has 2 rings (SSSR count). The number of aliphatic hydroxyl groups excluding tert-OH is 2. The molecule has 0 aliphatic rings. The molecular weight excluding hydrogens is 352 g/mol. The Hall–Kier alpha value is -2.30. The molecule has 2 atom stereocenters. The smallest absolute Gasteiger partial charge is 0.150 e. The van der Waals surface area contributed by atoms with Crippen LogP contribution >= 0.6 is 0 Å². The summed E-state index contributed by atoms with van der Waals surface area (Å²) in [5.41, 5.74) is 3.21. The summed E-state index contributed by atoms with van der Waals surface area (Å²) in [5.74, 6) is 0. The number of carbonyl (C=O) groups excluding carboxylic acids is 2. The molecular formula is C24H30O4. The quantitative estimate of drug-likeness (QED) is 0.737. The highest BCUT2D eigenvalue weighted by Crippen LogP contribution is 2.34. The maximum absolute atomic E-state index is 11.4. The third kappa shape index (κ3) is 4.94. The summed E-state index contributed by atoms with van der Waals surface area (Å²) in [6, 6.07) is 10.4. The van der Waals surface area contributed by atoms with Crippen molar-refractivity contribution in [3.05, 3.63) is 69.8 Å². The largest absolute Gasteiger partial charge is 0.385 e. The average Bonchev–Trinajstić information content (AvgIpc) is 2.64. The van der Waals surface area contributed by atoms with E-state index in [1.807, 2.05) is 53.7 Å². The Bertz CT molecular complexity index is 796. The van der Waals surface area contributed by atoms with Gasteiger partial charge in [0.2, 0.25) is 0 Å². The summed E-state index contributed by atoms with van der Waals surface area (Å²) in [6.07, 6.45) is -0.975. The Labute approximate surface area is 167 Å². The van der Waals surface area contributed by atoms with Gasteiger partial charge in [-0.1, -0.05) is 53.7 Å². The van der Waals surface area contributed by atoms with Crippen LogP contribution in [0.15, 0.2) is 36.4 Å². The van der Waals surface area contributed by atoms with E-state index in [0.717, 1.165) is 23.7 Å². The summed E-state index contributed by atoms with van der Waals surface area (Å²) < 4.78 is 0. The Morgan fingerprint density at radius 3 is 1.21 bits per heavy atom. The van der Waals surface area contributed by atoms with Crippen molar-refractivity contribution in [1.82, 2.24) is 0 Å². The lowest BCUT2D eigenvalue weighted by molar-refractivity contribution is 0.0170. The molecule has 0 amide bonds. The topological polar surface area (TPSA) is 74.6 Å². The van der Waals surface area contributed by atoms with Gasteiger partial charge < -0.3 is 10.2 Å². The Kier molecular flexibility index (Phi) is 6.27. The van der Waals surface area contributed by atoms with E-state index in [9.17, 15) is 19.8 Å². The van der Waals surface area contributed by atoms with Crippen molar-refractivity contribution in [2.24, 2.45) is 0 Å². The van der Waals surface area contributed by atoms with Gasteiger partial charge in [0.05, 0.1) is 0 Å². The van der Waals surface area contributed by atoms with Gasteiger partial charge in [0.25, 0.3) is 0 Å². The molecule has 0 saturated carbocycles. The van der Waals surface area contributed by atoms with E-state index in [2.05, 4.69) is 0 Å². The van der Waals surface area contributed by atoms with E-state index < -0.39 is 12.2 Å². The van der Waals surface area contributed by atoms with Crippen molar-refractivity contribution < 1.29 is 19.8 Å². The Morgan fingerprint density at radius 1 is 0.643 bits per heavy atom. The number of hydrogen-bond donors (Lipinski definition) is 2. The van der Waals surface area contributed by atoms with Gasteiger partial charge in [-0.2, -0.15) is 0 Å². The van der Waals surface area contributed by atoms with E-state index in [4.69, 9.17) is 0 Å². The van der Waals surface area contributed by atoms with Crippen molar-refractivity contribution in [3.8, 4) is 0 Å². The molecule has 0 saturated heterocycles. The van der Waals surface area contributed by atoms with E-state index in [-0.39, 0.29) is 10.8 Å². The molecule has 0 bridgehead atoms. The maximum atomic E-state index is 11.4. The predicted octanol–water partition coefficient (Wildman–Crippen LogP) is 4.67. The minimum Gasteiger partial charge on any atom is -0.385 e. The predicted molar refractivity (Wildman–Crippen MR) is 111 cm³/mol. The molecule has 0 aromatic heterocycles. The molecule has 0 heterocycles. The lowest BCUT2D eigenvalue weighted by Gasteiger charge is -2.26. The molecule has 4 heteroatoms. The fourth-order valence-electron chi connectivity index (χ4n) is 3.06. The number of carbonyl (C=O) groups is 2. The van der Waals surface area contributed by atoms with Gasteiger partial charge in [0, 0.05) is 11.1 Å². The van der Waals surface area contributed by atoms with Crippen LogP contribution in [0.3, 0.4) is 0 Å². The highest BCUT2D eigenvalue weighted by Gasteiger charge is 2.25. The normalized spacial score (nSPS) is 14.4. The van der Waals surface area contributed by atoms with Gasteiger partial charge in [-0.25, -0.2) is 0 Å². The first-order chi connectivity index (χ1) is 12.9. The number of rotatable bonds is 5. The summed E-state index contributed by atoms with van der Waals surface area (Å²) in [4.78, 5) is 22.7. The molecule has 150 valence electrons. The molecule has 0 radical (unpaired) electrons. The molecule has 2 aromatic rings. The van der Waals surface area contributed by atoms with Crippen molar-refractivity contribution in [3.63, 3.8) is 0 Å². The zero-order valence-corrected chi connectivity index (χ0v) is 17.5. The van der Waals surface area contributed by atoms with E-state index >= 15 is 0 Å². The standard InChI is InChI=1S/C24H30O4/c1-23(2,3)19-9-15(13-25)7-17(11-19)21(27)22(28)18-8-16(14-26)10-20(12-18)24(4,5)6/h7-14,21-22,27-28H,1-6H3. The van der Waals surface area contributed by atoms with Crippen molar-refractivity contribution in [2.45, 2.75) is 64.6 Å². The minimum atomic E-state index is -1.23. The highest BCUT2D eigenvalue weighted by molar-refractivity contribution is 5.76.